The molecule has 2 aromatic heterocycles. The van der Waals surface area contributed by atoms with Crippen molar-refractivity contribution in [2.24, 2.45) is 7.05 Å². The lowest BCUT2D eigenvalue weighted by atomic mass is 10.2. The van der Waals surface area contributed by atoms with Crippen LogP contribution in [0.1, 0.15) is 48.0 Å². The molecule has 5 nitrogen and oxygen atoms in total. The van der Waals surface area contributed by atoms with E-state index in [-0.39, 0.29) is 11.9 Å². The number of carbonyl (C=O) groups is 2. The van der Waals surface area contributed by atoms with Crippen LogP contribution in [0.15, 0.2) is 12.1 Å². The van der Waals surface area contributed by atoms with Gasteiger partial charge in [0.25, 0.3) is 5.91 Å². The number of aryl methyl sites for hydroxylation is 2. The van der Waals surface area contributed by atoms with Gasteiger partial charge in [0.15, 0.2) is 6.10 Å². The molecule has 1 aliphatic rings. The maximum absolute atomic E-state index is 12.4. The molecule has 1 amide bonds. The first-order chi connectivity index (χ1) is 11.0. The Kier molecular flexibility index (Phi) is 4.43. The van der Waals surface area contributed by atoms with Crippen LogP contribution >= 0.6 is 11.3 Å². The van der Waals surface area contributed by atoms with Crippen LogP contribution in [0, 0.1) is 6.92 Å². The molecule has 1 N–H and O–H groups in total. The predicted molar refractivity (Wildman–Crippen MR) is 90.8 cm³/mol. The monoisotopic (exact) mass is 334 g/mol. The minimum Gasteiger partial charge on any atom is -0.448 e. The Bertz CT molecular complexity index is 740. The number of fused-ring (bicyclic) bond motifs is 1. The molecule has 1 aliphatic carbocycles. The molecule has 1 unspecified atom stereocenters. The van der Waals surface area contributed by atoms with Crippen LogP contribution in [-0.4, -0.2) is 28.6 Å². The zero-order chi connectivity index (χ0) is 16.6. The van der Waals surface area contributed by atoms with Gasteiger partial charge in [0.2, 0.25) is 0 Å². The Morgan fingerprint density at radius 3 is 2.70 bits per heavy atom. The van der Waals surface area contributed by atoms with Crippen LogP contribution in [0.4, 0.5) is 0 Å². The normalized spacial score (nSPS) is 16.7. The highest BCUT2D eigenvalue weighted by atomic mass is 32.1. The van der Waals surface area contributed by atoms with Crippen LogP contribution in [-0.2, 0) is 16.6 Å². The Labute approximate surface area is 139 Å². The fourth-order valence-corrected chi connectivity index (χ4v) is 4.08. The lowest BCUT2D eigenvalue weighted by Crippen LogP contribution is -2.41. The smallest absolute Gasteiger partial charge is 0.355 e. The van der Waals surface area contributed by atoms with Crippen molar-refractivity contribution >= 4 is 33.4 Å². The van der Waals surface area contributed by atoms with Crippen LogP contribution in [0.25, 0.3) is 10.2 Å². The molecule has 0 radical (unpaired) electrons. The first-order valence-electron chi connectivity index (χ1n) is 8.03. The van der Waals surface area contributed by atoms with E-state index in [2.05, 4.69) is 5.32 Å². The van der Waals surface area contributed by atoms with Crippen LogP contribution in [0.5, 0.6) is 0 Å². The highest BCUT2D eigenvalue weighted by Crippen LogP contribution is 2.28. The maximum atomic E-state index is 12.4. The van der Waals surface area contributed by atoms with Gasteiger partial charge in [-0.15, -0.1) is 11.3 Å². The van der Waals surface area contributed by atoms with Crippen LogP contribution in [0.3, 0.4) is 0 Å². The van der Waals surface area contributed by atoms with Crippen LogP contribution < -0.4 is 5.32 Å². The number of nitrogens with zero attached hydrogens (tertiary/aromatic N) is 1. The third-order valence-electron chi connectivity index (χ3n) is 4.42. The molecule has 2 aromatic rings. The number of esters is 1. The van der Waals surface area contributed by atoms with Crippen LogP contribution in [0.2, 0.25) is 0 Å². The largest absolute Gasteiger partial charge is 0.448 e. The zero-order valence-electron chi connectivity index (χ0n) is 13.7. The van der Waals surface area contributed by atoms with E-state index in [1.54, 1.807) is 18.3 Å². The summed E-state index contributed by atoms with van der Waals surface area (Å²) in [5.74, 6) is -0.667. The van der Waals surface area contributed by atoms with E-state index in [4.69, 9.17) is 4.74 Å². The van der Waals surface area contributed by atoms with Crippen molar-refractivity contribution in [1.29, 1.82) is 0 Å². The van der Waals surface area contributed by atoms with Crippen molar-refractivity contribution in [2.45, 2.75) is 51.7 Å². The molecule has 2 heterocycles. The van der Waals surface area contributed by atoms with Gasteiger partial charge in [0.05, 0.1) is 10.2 Å². The fourth-order valence-electron chi connectivity index (χ4n) is 3.09. The van der Waals surface area contributed by atoms with E-state index in [1.165, 1.54) is 4.88 Å². The van der Waals surface area contributed by atoms with Crippen molar-refractivity contribution in [1.82, 2.24) is 9.88 Å². The van der Waals surface area contributed by atoms with Crippen molar-refractivity contribution in [3.63, 3.8) is 0 Å². The molecule has 0 aliphatic heterocycles. The number of aromatic nitrogens is 1. The Morgan fingerprint density at radius 2 is 2.04 bits per heavy atom. The summed E-state index contributed by atoms with van der Waals surface area (Å²) in [6.45, 7) is 3.66. The van der Waals surface area contributed by atoms with Crippen molar-refractivity contribution in [3.05, 3.63) is 22.7 Å². The molecular formula is C17H22N2O3S. The standard InChI is InChI=1S/C17H22N2O3S/c1-10-8-13-15(23-10)9-14(19(13)3)17(21)22-11(2)16(20)18-12-6-4-5-7-12/h8-9,11-12H,4-7H2,1-3H3,(H,18,20). The van der Waals surface area contributed by atoms with E-state index >= 15 is 0 Å². The van der Waals surface area contributed by atoms with Gasteiger partial charge in [-0.3, -0.25) is 4.79 Å². The summed E-state index contributed by atoms with van der Waals surface area (Å²) in [7, 11) is 1.84. The van der Waals surface area contributed by atoms with E-state index in [9.17, 15) is 9.59 Å². The number of rotatable bonds is 4. The summed E-state index contributed by atoms with van der Waals surface area (Å²) in [6, 6.07) is 4.11. The third kappa shape index (κ3) is 3.27. The van der Waals surface area contributed by atoms with Crippen molar-refractivity contribution in [2.75, 3.05) is 0 Å². The van der Waals surface area contributed by atoms with Gasteiger partial charge in [-0.05, 0) is 38.8 Å². The zero-order valence-corrected chi connectivity index (χ0v) is 14.5. The van der Waals surface area contributed by atoms with Gasteiger partial charge in [-0.2, -0.15) is 0 Å². The predicted octanol–water partition coefficient (Wildman–Crippen LogP) is 3.15. The minimum atomic E-state index is -0.780. The molecule has 0 aromatic carbocycles. The molecule has 23 heavy (non-hydrogen) atoms. The summed E-state index contributed by atoms with van der Waals surface area (Å²) < 4.78 is 8.23. The second-order valence-corrected chi connectivity index (χ2v) is 7.52. The topological polar surface area (TPSA) is 60.3 Å². The number of carbonyl (C=O) groups excluding carboxylic acids is 2. The molecule has 3 rings (SSSR count). The number of amides is 1. The fraction of sp³-hybridized carbons (Fsp3) is 0.529. The average molecular weight is 334 g/mol. The van der Waals surface area contributed by atoms with Crippen molar-refractivity contribution in [3.8, 4) is 0 Å². The summed E-state index contributed by atoms with van der Waals surface area (Å²) in [4.78, 5) is 25.7. The molecular weight excluding hydrogens is 312 g/mol. The number of thiophene rings is 1. The SMILES string of the molecule is Cc1cc2c(cc(C(=O)OC(C)C(=O)NC3CCCC3)n2C)s1. The van der Waals surface area contributed by atoms with Gasteiger partial charge in [-0.1, -0.05) is 12.8 Å². The summed E-state index contributed by atoms with van der Waals surface area (Å²) >= 11 is 1.64. The molecule has 1 fully saturated rings. The molecule has 0 spiro atoms. The second-order valence-electron chi connectivity index (χ2n) is 6.23. The van der Waals surface area contributed by atoms with Gasteiger partial charge in [-0.25, -0.2) is 4.79 Å². The lowest BCUT2D eigenvalue weighted by Gasteiger charge is -2.17. The first-order valence-corrected chi connectivity index (χ1v) is 8.84. The van der Waals surface area contributed by atoms with Gasteiger partial charge >= 0.3 is 5.97 Å². The molecule has 1 saturated carbocycles. The first kappa shape index (κ1) is 16.1. The quantitative estimate of drug-likeness (QED) is 0.874. The summed E-state index contributed by atoms with van der Waals surface area (Å²) in [5.41, 5.74) is 1.49. The summed E-state index contributed by atoms with van der Waals surface area (Å²) in [5, 5.41) is 2.96. The van der Waals surface area contributed by atoms with Gasteiger partial charge in [0, 0.05) is 18.0 Å². The van der Waals surface area contributed by atoms with E-state index < -0.39 is 12.1 Å². The van der Waals surface area contributed by atoms with Gasteiger partial charge < -0.3 is 14.6 Å². The Balaban J connectivity index is 1.65. The number of hydrogen-bond donors (Lipinski definition) is 1. The van der Waals surface area contributed by atoms with E-state index in [0.717, 1.165) is 35.9 Å². The maximum Gasteiger partial charge on any atom is 0.355 e. The number of nitrogens with one attached hydrogen (secondary N) is 1. The Morgan fingerprint density at radius 1 is 1.35 bits per heavy atom. The lowest BCUT2D eigenvalue weighted by molar-refractivity contribution is -0.129. The number of hydrogen-bond acceptors (Lipinski definition) is 4. The number of ether oxygens (including phenoxy) is 1. The minimum absolute atomic E-state index is 0.211. The Hall–Kier alpha value is -1.82. The van der Waals surface area contributed by atoms with Crippen molar-refractivity contribution < 1.29 is 14.3 Å². The molecule has 0 bridgehead atoms. The van der Waals surface area contributed by atoms with Gasteiger partial charge in [0.1, 0.15) is 5.69 Å². The third-order valence-corrected chi connectivity index (χ3v) is 5.40. The highest BCUT2D eigenvalue weighted by molar-refractivity contribution is 7.19. The molecule has 124 valence electrons. The summed E-state index contributed by atoms with van der Waals surface area (Å²) in [6.07, 6.45) is 3.55. The molecule has 1 atom stereocenters. The molecule has 6 heteroatoms. The average Bonchev–Trinajstić information content (AvgIpc) is 3.18. The van der Waals surface area contributed by atoms with E-state index in [1.807, 2.05) is 30.7 Å². The molecule has 0 saturated heterocycles. The highest BCUT2D eigenvalue weighted by Gasteiger charge is 2.25. The second kappa shape index (κ2) is 6.35. The van der Waals surface area contributed by atoms with E-state index in [0.29, 0.717) is 5.69 Å².